The summed E-state index contributed by atoms with van der Waals surface area (Å²) in [6.45, 7) is 5.95. The Balaban J connectivity index is 0.000000307. The molecule has 3 fully saturated rings. The molecule has 3 aliphatic carbocycles. The molecule has 6 rings (SSSR count). The zero-order valence-electron chi connectivity index (χ0n) is 66.5. The van der Waals surface area contributed by atoms with Crippen LogP contribution in [0.25, 0.3) is 0 Å². The van der Waals surface area contributed by atoms with E-state index in [1.807, 2.05) is 46.9 Å². The van der Waals surface area contributed by atoms with Crippen molar-refractivity contribution >= 4 is 53.0 Å². The van der Waals surface area contributed by atoms with E-state index in [1.54, 1.807) is 20.8 Å². The molecule has 69 heavy (non-hydrogen) atoms. The van der Waals surface area contributed by atoms with Gasteiger partial charge in [-0.25, -0.2) is 15.0 Å². The van der Waals surface area contributed by atoms with Crippen LogP contribution >= 0.6 is 0 Å². The number of rotatable bonds is 12. The van der Waals surface area contributed by atoms with Crippen LogP contribution in [0.3, 0.4) is 0 Å². The molecule has 384 valence electrons. The third-order valence-corrected chi connectivity index (χ3v) is 8.63. The number of carbonyl (C=O) groups is 3. The molecule has 0 bridgehead atoms. The number of nitrogens with one attached hydrogen (secondary N) is 6. The lowest BCUT2D eigenvalue weighted by molar-refractivity contribution is 0.0737. The third kappa shape index (κ3) is 18.3. The monoisotopic (exact) mass is 991 g/mol. The van der Waals surface area contributed by atoms with Crippen molar-refractivity contribution in [3.63, 3.8) is 0 Å². The van der Waals surface area contributed by atoms with Gasteiger partial charge in [-0.2, -0.15) is 15.0 Å². The van der Waals surface area contributed by atoms with E-state index in [4.69, 9.17) is 54.2 Å². The number of hydrogen-bond donors (Lipinski definition) is 12. The first kappa shape index (κ1) is 28.2. The highest BCUT2D eigenvalue weighted by Gasteiger charge is 2.30. The number of hydrogen-bond acceptors (Lipinski definition) is 18. The molecule has 0 spiro atoms. The Bertz CT molecular complexity index is 3310. The second-order valence-corrected chi connectivity index (χ2v) is 18.5. The highest BCUT2D eigenvalue weighted by atomic mass is 16.3. The summed E-state index contributed by atoms with van der Waals surface area (Å²) in [6.07, 6.45) is -29.6. The maximum atomic E-state index is 11.9. The molecule has 3 heterocycles. The van der Waals surface area contributed by atoms with E-state index in [-0.39, 0.29) is 40.6 Å². The number of aromatic nitrogens is 6. The number of carbonyl (C=O) groups excluding carboxylic acids is 3. The smallest absolute Gasteiger partial charge is 0.254 e. The number of aliphatic hydroxyl groups is 3. The molecule has 11 unspecified atom stereocenters. The molecule has 11 atom stereocenters. The van der Waals surface area contributed by atoms with Gasteiger partial charge in [0, 0.05) is 84.8 Å². The van der Waals surface area contributed by atoms with Gasteiger partial charge in [0.2, 0.25) is 17.8 Å². The molecular formula is C48H81N15O6. The van der Waals surface area contributed by atoms with Crippen LogP contribution in [-0.4, -0.2) is 116 Å². The Morgan fingerprint density at radius 3 is 1.45 bits per heavy atom. The lowest BCUT2D eigenvalue weighted by Gasteiger charge is -2.32. The van der Waals surface area contributed by atoms with Gasteiger partial charge in [-0.15, -0.1) is 0 Å². The fraction of sp³-hybridized carbons (Fsp3) is 0.688. The molecule has 3 aromatic rings. The summed E-state index contributed by atoms with van der Waals surface area (Å²) < 4.78 is 216. The van der Waals surface area contributed by atoms with Gasteiger partial charge in [0.05, 0.1) is 40.4 Å². The molecule has 15 N–H and O–H groups in total. The van der Waals surface area contributed by atoms with Crippen LogP contribution in [0.2, 0.25) is 0 Å². The zero-order valence-corrected chi connectivity index (χ0v) is 39.5. The normalized spacial score (nSPS) is 43.5. The summed E-state index contributed by atoms with van der Waals surface area (Å²) in [4.78, 5) is 59.7. The van der Waals surface area contributed by atoms with Gasteiger partial charge in [0.1, 0.15) is 17.5 Å². The predicted octanol–water partition coefficient (Wildman–Crippen LogP) is 5.24. The lowest BCUT2D eigenvalue weighted by atomic mass is 9.85. The molecule has 0 aromatic carbocycles. The number of anilines is 6. The van der Waals surface area contributed by atoms with Crippen molar-refractivity contribution in [3.05, 3.63) is 35.3 Å². The van der Waals surface area contributed by atoms with E-state index >= 15 is 0 Å². The Labute approximate surface area is 445 Å². The highest BCUT2D eigenvalue weighted by Crippen LogP contribution is 2.30. The molecule has 0 radical (unpaired) electrons. The maximum absolute atomic E-state index is 11.9. The second kappa shape index (κ2) is 23.8. The van der Waals surface area contributed by atoms with Gasteiger partial charge < -0.3 is 64.4 Å². The van der Waals surface area contributed by atoms with E-state index in [0.29, 0.717) is 0 Å². The number of nitrogens with zero attached hydrogens (tertiary/aromatic N) is 6. The Morgan fingerprint density at radius 2 is 1.04 bits per heavy atom. The van der Waals surface area contributed by atoms with Crippen LogP contribution < -0.4 is 49.1 Å². The van der Waals surface area contributed by atoms with Crippen LogP contribution in [0.1, 0.15) is 208 Å². The van der Waals surface area contributed by atoms with Crippen LogP contribution in [-0.2, 0) is 0 Å². The molecular weight excluding hydrogens is 883 g/mol. The summed E-state index contributed by atoms with van der Waals surface area (Å²) in [5.74, 6) is -13.4. The molecule has 0 aliphatic heterocycles. The number of primary amides is 3. The van der Waals surface area contributed by atoms with Gasteiger partial charge in [-0.05, 0) is 138 Å². The van der Waals surface area contributed by atoms with E-state index in [1.165, 1.54) is 6.20 Å². The van der Waals surface area contributed by atoms with E-state index in [0.717, 1.165) is 12.4 Å². The summed E-state index contributed by atoms with van der Waals surface area (Å²) in [5.41, 5.74) is 13.6. The maximum Gasteiger partial charge on any atom is 0.254 e. The Kier molecular flexibility index (Phi) is 9.73. The van der Waals surface area contributed by atoms with Crippen LogP contribution in [0.5, 0.6) is 0 Å². The molecule has 3 aliphatic rings. The first-order valence-electron chi connectivity index (χ1n) is 34.7. The quantitative estimate of drug-likeness (QED) is 0.110. The van der Waals surface area contributed by atoms with E-state index < -0.39 is 178 Å². The van der Waals surface area contributed by atoms with Gasteiger partial charge in [0.15, 0.2) is 0 Å². The molecule has 0 saturated heterocycles. The van der Waals surface area contributed by atoms with Crippen molar-refractivity contribution < 1.29 is 66.7 Å². The minimum atomic E-state index is -3.82. The largest absolute Gasteiger partial charge is 0.393 e. The fourth-order valence-corrected chi connectivity index (χ4v) is 5.63. The topological polar surface area (TPSA) is 339 Å². The van der Waals surface area contributed by atoms with Gasteiger partial charge >= 0.3 is 0 Å². The molecule has 3 saturated carbocycles. The summed E-state index contributed by atoms with van der Waals surface area (Å²) in [6, 6.07) is -6.32. The van der Waals surface area contributed by atoms with Crippen LogP contribution in [0, 0.1) is 17.7 Å². The second-order valence-electron chi connectivity index (χ2n) is 18.5. The predicted molar refractivity (Wildman–Crippen MR) is 271 cm³/mol. The van der Waals surface area contributed by atoms with Crippen LogP contribution in [0.15, 0.2) is 18.6 Å². The fourth-order valence-electron chi connectivity index (χ4n) is 5.63. The van der Waals surface area contributed by atoms with Gasteiger partial charge in [0.25, 0.3) is 17.7 Å². The SMILES string of the molecule is [2H]C([2H])([2H])C1([2H])C([2H])([2H])CC(Nc2nc(NC(C)(C)C)ncc2C(N)=O)CC1([2H])O.[2H]C([2H])([2H])C1C([2H])([2H])C([2H])([2H])C([2H])(Nc2nc(NC(C)(C)C)ncc2C(N)=O)C([2H])([2H])C1([2H])O.[2H]C1C(Nc2nc(NC(C)(C)C)ncc2C(N)=O)C([2H])C([2H])(O)C([2H])(C([2H])([2H])[2H])C1([2H])[2H]. The molecule has 3 aromatic heterocycles. The average Bonchev–Trinajstić information content (AvgIpc) is 0.677. The average molecular weight is 991 g/mol. The van der Waals surface area contributed by atoms with Gasteiger partial charge in [-0.1, -0.05) is 20.6 Å². The minimum absolute atomic E-state index is 0.0327. The van der Waals surface area contributed by atoms with Crippen LogP contribution in [0.4, 0.5) is 35.3 Å². The standard InChI is InChI=1S/3C16H27N5O2/c3*1-9-5-6-10(7-12(9)22)19-14-11(13(17)23)8-18-15(20-14)21-16(2,3)4/h3*8-10,12,22H,5-7H2,1-4H3,(H2,17,23)(H2,18,19,20,21)/i1D3,5D2,6D2,7D2,10D,12D;1D3,5D2,6D,7D,9D,12D;1D3,5D2,9D,12D. The first-order valence-corrected chi connectivity index (χ1v) is 21.0. The lowest BCUT2D eigenvalue weighted by Crippen LogP contribution is -2.36. The van der Waals surface area contributed by atoms with Crippen molar-refractivity contribution in [1.82, 2.24) is 29.9 Å². The van der Waals surface area contributed by atoms with Crippen molar-refractivity contribution in [2.24, 2.45) is 34.9 Å². The van der Waals surface area contributed by atoms with Crippen molar-refractivity contribution in [2.75, 3.05) is 31.9 Å². The highest BCUT2D eigenvalue weighted by molar-refractivity contribution is 5.98. The summed E-state index contributed by atoms with van der Waals surface area (Å²) in [5, 5.41) is 47.9. The molecule has 21 heteroatoms. The van der Waals surface area contributed by atoms with Crippen molar-refractivity contribution in [1.29, 1.82) is 0 Å². The summed E-state index contributed by atoms with van der Waals surface area (Å²) in [7, 11) is 0. The van der Waals surface area contributed by atoms with Crippen molar-refractivity contribution in [2.45, 2.75) is 193 Å². The molecule has 3 amide bonds. The summed E-state index contributed by atoms with van der Waals surface area (Å²) >= 11 is 0. The minimum Gasteiger partial charge on any atom is -0.393 e. The van der Waals surface area contributed by atoms with E-state index in [2.05, 4.69) is 56.5 Å². The number of nitrogens with two attached hydrogens (primary N) is 3. The Hall–Kier alpha value is -5.67. The molecule has 21 nitrogen and oxygen atoms in total. The zero-order chi connectivity index (χ0) is 75.3. The number of amides is 3. The Morgan fingerprint density at radius 1 is 0.609 bits per heavy atom. The third-order valence-electron chi connectivity index (χ3n) is 8.63. The van der Waals surface area contributed by atoms with E-state index in [9.17, 15) is 29.7 Å². The van der Waals surface area contributed by atoms with Gasteiger partial charge in [-0.3, -0.25) is 14.4 Å². The first-order chi connectivity index (χ1) is 42.3. The van der Waals surface area contributed by atoms with Crippen molar-refractivity contribution in [3.8, 4) is 0 Å².